The van der Waals surface area contributed by atoms with Crippen molar-refractivity contribution in [3.8, 4) is 0 Å². The van der Waals surface area contributed by atoms with Crippen molar-refractivity contribution in [3.05, 3.63) is 0 Å². The zero-order chi connectivity index (χ0) is 15.6. The van der Waals surface area contributed by atoms with E-state index in [1.54, 1.807) is 0 Å². The fourth-order valence-electron chi connectivity index (χ4n) is 3.97. The molecular weight excluding hydrogens is 268 g/mol. The van der Waals surface area contributed by atoms with Gasteiger partial charge in [0.2, 0.25) is 0 Å². The summed E-state index contributed by atoms with van der Waals surface area (Å²) in [6, 6.07) is 0.133. The zero-order valence-electron chi connectivity index (χ0n) is 13.4. The average Bonchev–Trinajstić information content (AvgIpc) is 2.80. The molecule has 2 N–H and O–H groups in total. The van der Waals surface area contributed by atoms with E-state index >= 15 is 0 Å². The molecule has 0 aromatic rings. The molecule has 3 atom stereocenters. The maximum atomic E-state index is 12.7. The van der Waals surface area contributed by atoms with Crippen molar-refractivity contribution in [3.63, 3.8) is 0 Å². The molecule has 3 unspecified atom stereocenters. The number of piperidine rings is 1. The minimum atomic E-state index is -0.828. The molecule has 2 amide bonds. The Kier molecular flexibility index (Phi) is 4.79. The van der Waals surface area contributed by atoms with Crippen LogP contribution in [0.5, 0.6) is 0 Å². The second-order valence-corrected chi connectivity index (χ2v) is 7.20. The number of hydrogen-bond acceptors (Lipinski definition) is 2. The molecule has 1 saturated carbocycles. The van der Waals surface area contributed by atoms with Gasteiger partial charge in [0, 0.05) is 12.6 Å². The Balaban J connectivity index is 2.06. The van der Waals surface area contributed by atoms with Crippen LogP contribution in [0.15, 0.2) is 0 Å². The molecule has 1 aliphatic heterocycles. The van der Waals surface area contributed by atoms with Crippen LogP contribution < -0.4 is 5.32 Å². The highest BCUT2D eigenvalue weighted by Gasteiger charge is 2.40. The largest absolute Gasteiger partial charge is 0.481 e. The van der Waals surface area contributed by atoms with E-state index in [4.69, 9.17) is 5.11 Å². The van der Waals surface area contributed by atoms with Crippen LogP contribution in [0.4, 0.5) is 4.79 Å². The van der Waals surface area contributed by atoms with Crippen LogP contribution in [-0.4, -0.2) is 40.1 Å². The molecule has 0 spiro atoms. The quantitative estimate of drug-likeness (QED) is 0.841. The van der Waals surface area contributed by atoms with Gasteiger partial charge in [-0.05, 0) is 38.0 Å². The van der Waals surface area contributed by atoms with E-state index in [2.05, 4.69) is 26.1 Å². The second kappa shape index (κ2) is 6.24. The van der Waals surface area contributed by atoms with Crippen molar-refractivity contribution in [2.75, 3.05) is 6.54 Å². The van der Waals surface area contributed by atoms with Crippen molar-refractivity contribution >= 4 is 12.0 Å². The summed E-state index contributed by atoms with van der Waals surface area (Å²) in [4.78, 5) is 25.7. The molecule has 1 saturated heterocycles. The maximum Gasteiger partial charge on any atom is 0.318 e. The van der Waals surface area contributed by atoms with E-state index in [9.17, 15) is 9.59 Å². The summed E-state index contributed by atoms with van der Waals surface area (Å²) in [6.45, 7) is 7.21. The van der Waals surface area contributed by atoms with E-state index in [1.807, 2.05) is 4.90 Å². The fraction of sp³-hybridized carbons (Fsp3) is 0.875. The first kappa shape index (κ1) is 16.1. The first-order valence-electron chi connectivity index (χ1n) is 8.13. The van der Waals surface area contributed by atoms with Gasteiger partial charge in [0.15, 0.2) is 0 Å². The van der Waals surface area contributed by atoms with Crippen LogP contribution in [-0.2, 0) is 4.79 Å². The average molecular weight is 296 g/mol. The van der Waals surface area contributed by atoms with Gasteiger partial charge < -0.3 is 15.3 Å². The summed E-state index contributed by atoms with van der Waals surface area (Å²) in [6.07, 6.45) is 4.72. The van der Waals surface area contributed by atoms with Crippen LogP contribution in [0.1, 0.15) is 59.3 Å². The Hall–Kier alpha value is -1.26. The normalized spacial score (nSPS) is 32.0. The van der Waals surface area contributed by atoms with E-state index in [0.29, 0.717) is 11.8 Å². The highest BCUT2D eigenvalue weighted by molar-refractivity contribution is 5.77. The fourth-order valence-corrected chi connectivity index (χ4v) is 3.97. The van der Waals surface area contributed by atoms with E-state index in [-0.39, 0.29) is 18.5 Å². The minimum Gasteiger partial charge on any atom is -0.481 e. The number of rotatable bonds is 3. The molecule has 0 bridgehead atoms. The number of carboxylic acid groups (broad SMARTS) is 1. The molecule has 5 nitrogen and oxygen atoms in total. The summed E-state index contributed by atoms with van der Waals surface area (Å²) in [5.41, 5.74) is -0.535. The Labute approximate surface area is 127 Å². The SMILES string of the molecule is CC1CC(C)C(C)N(C(=O)NC2(CC(=O)O)CCCC2)C1. The molecule has 0 aromatic carbocycles. The summed E-state index contributed by atoms with van der Waals surface area (Å²) in [7, 11) is 0. The number of aliphatic carboxylic acids is 1. The van der Waals surface area contributed by atoms with Gasteiger partial charge in [-0.3, -0.25) is 4.79 Å². The third-order valence-corrected chi connectivity index (χ3v) is 5.28. The van der Waals surface area contributed by atoms with E-state index in [1.165, 1.54) is 0 Å². The van der Waals surface area contributed by atoms with Crippen LogP contribution in [0.2, 0.25) is 0 Å². The highest BCUT2D eigenvalue weighted by Crippen LogP contribution is 2.34. The number of carboxylic acids is 1. The van der Waals surface area contributed by atoms with Gasteiger partial charge in [0.1, 0.15) is 0 Å². The van der Waals surface area contributed by atoms with Crippen LogP contribution >= 0.6 is 0 Å². The standard InChI is InChI=1S/C16H28N2O3/c1-11-8-12(2)13(3)18(10-11)15(21)17-16(9-14(19)20)6-4-5-7-16/h11-13H,4-10H2,1-3H3,(H,17,21)(H,19,20). The molecule has 120 valence electrons. The topological polar surface area (TPSA) is 69.6 Å². The lowest BCUT2D eigenvalue weighted by molar-refractivity contribution is -0.138. The number of carbonyl (C=O) groups excluding carboxylic acids is 1. The molecule has 5 heteroatoms. The number of hydrogen-bond donors (Lipinski definition) is 2. The molecule has 21 heavy (non-hydrogen) atoms. The molecule has 2 fully saturated rings. The summed E-state index contributed by atoms with van der Waals surface area (Å²) >= 11 is 0. The number of urea groups is 1. The summed E-state index contributed by atoms with van der Waals surface area (Å²) < 4.78 is 0. The minimum absolute atomic E-state index is 0.0338. The Morgan fingerprint density at radius 2 is 1.86 bits per heavy atom. The van der Waals surface area contributed by atoms with Crippen LogP contribution in [0, 0.1) is 11.8 Å². The van der Waals surface area contributed by atoms with Crippen molar-refractivity contribution in [2.45, 2.75) is 70.9 Å². The molecule has 0 radical (unpaired) electrons. The Bertz CT molecular complexity index is 404. The lowest BCUT2D eigenvalue weighted by Crippen LogP contribution is -2.58. The van der Waals surface area contributed by atoms with Crippen molar-refractivity contribution in [2.24, 2.45) is 11.8 Å². The molecule has 1 heterocycles. The van der Waals surface area contributed by atoms with Crippen LogP contribution in [0.3, 0.4) is 0 Å². The first-order chi connectivity index (χ1) is 9.83. The van der Waals surface area contributed by atoms with Crippen molar-refractivity contribution in [1.29, 1.82) is 0 Å². The van der Waals surface area contributed by atoms with E-state index in [0.717, 1.165) is 38.6 Å². The third-order valence-electron chi connectivity index (χ3n) is 5.28. The highest BCUT2D eigenvalue weighted by atomic mass is 16.4. The lowest BCUT2D eigenvalue weighted by Gasteiger charge is -2.43. The number of amides is 2. The second-order valence-electron chi connectivity index (χ2n) is 7.20. The molecule has 2 rings (SSSR count). The van der Waals surface area contributed by atoms with Crippen molar-refractivity contribution in [1.82, 2.24) is 10.2 Å². The van der Waals surface area contributed by atoms with E-state index < -0.39 is 11.5 Å². The third kappa shape index (κ3) is 3.69. The van der Waals surface area contributed by atoms with Gasteiger partial charge in [-0.15, -0.1) is 0 Å². The monoisotopic (exact) mass is 296 g/mol. The number of nitrogens with one attached hydrogen (secondary N) is 1. The summed E-state index contributed by atoms with van der Waals surface area (Å²) in [5, 5.41) is 12.2. The maximum absolute atomic E-state index is 12.7. The van der Waals surface area contributed by atoms with Gasteiger partial charge in [0.25, 0.3) is 0 Å². The number of carbonyl (C=O) groups is 2. The van der Waals surface area contributed by atoms with Gasteiger partial charge in [-0.2, -0.15) is 0 Å². The lowest BCUT2D eigenvalue weighted by atomic mass is 9.86. The van der Waals surface area contributed by atoms with Gasteiger partial charge in [0.05, 0.1) is 12.0 Å². The smallest absolute Gasteiger partial charge is 0.318 e. The van der Waals surface area contributed by atoms with Crippen molar-refractivity contribution < 1.29 is 14.7 Å². The van der Waals surface area contributed by atoms with Gasteiger partial charge in [-0.1, -0.05) is 26.7 Å². The molecule has 2 aliphatic rings. The Morgan fingerprint density at radius 3 is 2.43 bits per heavy atom. The molecule has 0 aromatic heterocycles. The number of likely N-dealkylation sites (tertiary alicyclic amines) is 1. The predicted octanol–water partition coefficient (Wildman–Crippen LogP) is 2.85. The van der Waals surface area contributed by atoms with Gasteiger partial charge in [-0.25, -0.2) is 4.79 Å². The predicted molar refractivity (Wildman–Crippen MR) is 81.1 cm³/mol. The summed E-state index contributed by atoms with van der Waals surface area (Å²) in [5.74, 6) is 0.157. The molecule has 1 aliphatic carbocycles. The Morgan fingerprint density at radius 1 is 1.24 bits per heavy atom. The first-order valence-corrected chi connectivity index (χ1v) is 8.13. The zero-order valence-corrected chi connectivity index (χ0v) is 13.4. The van der Waals surface area contributed by atoms with Crippen LogP contribution in [0.25, 0.3) is 0 Å². The van der Waals surface area contributed by atoms with Gasteiger partial charge >= 0.3 is 12.0 Å². The molecular formula is C16H28N2O3. The number of nitrogens with zero attached hydrogens (tertiary/aromatic N) is 1.